The number of benzene rings is 3. The van der Waals surface area contributed by atoms with Crippen LogP contribution >= 0.6 is 0 Å². The normalized spacial score (nSPS) is 10.4. The molecule has 3 aromatic carbocycles. The third-order valence-electron chi connectivity index (χ3n) is 4.40. The standard InChI is InChI=1S/C22H21N3O2/c1-25(2)22(27)16-10-8-15(9-11-16)18-12-17(14-6-4-3-5-7-14)13-19(20(18)23)21(24)26/h3-13H,23H2,1-2H3,(H2,24,26). The van der Waals surface area contributed by atoms with Crippen molar-refractivity contribution in [3.63, 3.8) is 0 Å². The van der Waals surface area contributed by atoms with E-state index in [0.717, 1.165) is 16.7 Å². The molecule has 136 valence electrons. The minimum absolute atomic E-state index is 0.0783. The van der Waals surface area contributed by atoms with Gasteiger partial charge in [-0.15, -0.1) is 0 Å². The van der Waals surface area contributed by atoms with E-state index in [-0.39, 0.29) is 11.5 Å². The lowest BCUT2D eigenvalue weighted by Gasteiger charge is -2.14. The fourth-order valence-electron chi connectivity index (χ4n) is 2.94. The van der Waals surface area contributed by atoms with Gasteiger partial charge in [-0.2, -0.15) is 0 Å². The third-order valence-corrected chi connectivity index (χ3v) is 4.40. The molecule has 3 aromatic rings. The first-order chi connectivity index (χ1) is 12.9. The summed E-state index contributed by atoms with van der Waals surface area (Å²) >= 11 is 0. The van der Waals surface area contributed by atoms with Crippen LogP contribution in [0, 0.1) is 0 Å². The molecule has 0 fully saturated rings. The summed E-state index contributed by atoms with van der Waals surface area (Å²) in [5, 5.41) is 0. The van der Waals surface area contributed by atoms with E-state index < -0.39 is 5.91 Å². The summed E-state index contributed by atoms with van der Waals surface area (Å²) in [5.41, 5.74) is 16.3. The first-order valence-corrected chi connectivity index (χ1v) is 8.49. The Morgan fingerprint density at radius 2 is 1.44 bits per heavy atom. The number of primary amides is 1. The monoisotopic (exact) mass is 359 g/mol. The van der Waals surface area contributed by atoms with E-state index in [9.17, 15) is 9.59 Å². The van der Waals surface area contributed by atoms with Crippen LogP contribution in [0.4, 0.5) is 5.69 Å². The number of rotatable bonds is 4. The molecule has 0 spiro atoms. The van der Waals surface area contributed by atoms with Gasteiger partial charge in [0.25, 0.3) is 11.8 Å². The van der Waals surface area contributed by atoms with Gasteiger partial charge in [0, 0.05) is 25.2 Å². The molecule has 0 heterocycles. The van der Waals surface area contributed by atoms with Crippen molar-refractivity contribution in [1.82, 2.24) is 4.90 Å². The zero-order chi connectivity index (χ0) is 19.6. The van der Waals surface area contributed by atoms with Crippen LogP contribution in [0.25, 0.3) is 22.3 Å². The Morgan fingerprint density at radius 1 is 0.815 bits per heavy atom. The number of hydrogen-bond acceptors (Lipinski definition) is 3. The minimum atomic E-state index is -0.578. The van der Waals surface area contributed by atoms with Gasteiger partial charge in [-0.05, 0) is 41.0 Å². The predicted octanol–water partition coefficient (Wildman–Crippen LogP) is 3.40. The highest BCUT2D eigenvalue weighted by molar-refractivity contribution is 6.03. The summed E-state index contributed by atoms with van der Waals surface area (Å²) in [6.07, 6.45) is 0. The van der Waals surface area contributed by atoms with Crippen LogP contribution in [0.5, 0.6) is 0 Å². The summed E-state index contributed by atoms with van der Waals surface area (Å²) in [6, 6.07) is 20.5. The highest BCUT2D eigenvalue weighted by atomic mass is 16.2. The maximum atomic E-state index is 12.1. The second kappa shape index (κ2) is 7.33. The average molecular weight is 359 g/mol. The first kappa shape index (κ1) is 18.2. The van der Waals surface area contributed by atoms with Gasteiger partial charge in [0.05, 0.1) is 11.3 Å². The van der Waals surface area contributed by atoms with E-state index in [1.807, 2.05) is 48.5 Å². The summed E-state index contributed by atoms with van der Waals surface area (Å²) < 4.78 is 0. The van der Waals surface area contributed by atoms with Crippen molar-refractivity contribution < 1.29 is 9.59 Å². The molecule has 0 radical (unpaired) electrons. The van der Waals surface area contributed by atoms with Crippen LogP contribution in [-0.2, 0) is 0 Å². The number of nitrogen functional groups attached to an aromatic ring is 1. The van der Waals surface area contributed by atoms with E-state index in [2.05, 4.69) is 0 Å². The molecule has 3 rings (SSSR count). The third kappa shape index (κ3) is 3.67. The molecule has 0 saturated heterocycles. The number of carbonyl (C=O) groups excluding carboxylic acids is 2. The number of amides is 2. The zero-order valence-corrected chi connectivity index (χ0v) is 15.3. The van der Waals surface area contributed by atoms with Crippen molar-refractivity contribution in [2.45, 2.75) is 0 Å². The molecule has 0 aliphatic heterocycles. The van der Waals surface area contributed by atoms with Gasteiger partial charge < -0.3 is 16.4 Å². The van der Waals surface area contributed by atoms with Gasteiger partial charge in [-0.25, -0.2) is 0 Å². The number of carbonyl (C=O) groups is 2. The van der Waals surface area contributed by atoms with Crippen LogP contribution in [-0.4, -0.2) is 30.8 Å². The van der Waals surface area contributed by atoms with Crippen molar-refractivity contribution in [3.8, 4) is 22.3 Å². The maximum absolute atomic E-state index is 12.1. The lowest BCUT2D eigenvalue weighted by molar-refractivity contribution is 0.0827. The van der Waals surface area contributed by atoms with Gasteiger partial charge in [0.1, 0.15) is 0 Å². The molecule has 0 aromatic heterocycles. The van der Waals surface area contributed by atoms with E-state index in [4.69, 9.17) is 11.5 Å². The molecule has 0 aliphatic carbocycles. The number of hydrogen-bond donors (Lipinski definition) is 2. The van der Waals surface area contributed by atoms with Crippen LogP contribution < -0.4 is 11.5 Å². The van der Waals surface area contributed by atoms with Crippen LogP contribution in [0.2, 0.25) is 0 Å². The van der Waals surface area contributed by atoms with Gasteiger partial charge in [-0.1, -0.05) is 42.5 Å². The minimum Gasteiger partial charge on any atom is -0.398 e. The molecule has 2 amide bonds. The molecule has 4 N–H and O–H groups in total. The first-order valence-electron chi connectivity index (χ1n) is 8.49. The van der Waals surface area contributed by atoms with E-state index in [1.54, 1.807) is 32.3 Å². The average Bonchev–Trinajstić information content (AvgIpc) is 2.68. The summed E-state index contributed by atoms with van der Waals surface area (Å²) in [7, 11) is 3.41. The van der Waals surface area contributed by atoms with Crippen molar-refractivity contribution in [2.75, 3.05) is 19.8 Å². The smallest absolute Gasteiger partial charge is 0.253 e. The topological polar surface area (TPSA) is 89.4 Å². The quantitative estimate of drug-likeness (QED) is 0.700. The summed E-state index contributed by atoms with van der Waals surface area (Å²) in [5.74, 6) is -0.656. The number of nitrogens with two attached hydrogens (primary N) is 2. The van der Waals surface area contributed by atoms with E-state index >= 15 is 0 Å². The Morgan fingerprint density at radius 3 is 2.00 bits per heavy atom. The van der Waals surface area contributed by atoms with Gasteiger partial charge >= 0.3 is 0 Å². The largest absolute Gasteiger partial charge is 0.398 e. The fourth-order valence-corrected chi connectivity index (χ4v) is 2.94. The lowest BCUT2D eigenvalue weighted by atomic mass is 9.93. The van der Waals surface area contributed by atoms with Crippen LogP contribution in [0.1, 0.15) is 20.7 Å². The second-order valence-electron chi connectivity index (χ2n) is 6.49. The maximum Gasteiger partial charge on any atom is 0.253 e. The molecule has 0 unspecified atom stereocenters. The Hall–Kier alpha value is -3.60. The molecule has 0 aliphatic rings. The van der Waals surface area contributed by atoms with Crippen LogP contribution in [0.15, 0.2) is 66.7 Å². The Bertz CT molecular complexity index is 994. The molecule has 0 bridgehead atoms. The van der Waals surface area contributed by atoms with Crippen molar-refractivity contribution >= 4 is 17.5 Å². The number of anilines is 1. The molecule has 0 saturated carbocycles. The van der Waals surface area contributed by atoms with Gasteiger partial charge in [0.2, 0.25) is 0 Å². The number of nitrogens with zero attached hydrogens (tertiary/aromatic N) is 1. The zero-order valence-electron chi connectivity index (χ0n) is 15.3. The lowest BCUT2D eigenvalue weighted by Crippen LogP contribution is -2.21. The second-order valence-corrected chi connectivity index (χ2v) is 6.49. The Kier molecular flexibility index (Phi) is 4.94. The molecular weight excluding hydrogens is 338 g/mol. The Labute approximate surface area is 158 Å². The molecule has 27 heavy (non-hydrogen) atoms. The van der Waals surface area contributed by atoms with Crippen molar-refractivity contribution in [1.29, 1.82) is 0 Å². The SMILES string of the molecule is CN(C)C(=O)c1ccc(-c2cc(-c3ccccc3)cc(C(N)=O)c2N)cc1. The molecule has 0 atom stereocenters. The fraction of sp³-hybridized carbons (Fsp3) is 0.0909. The van der Waals surface area contributed by atoms with Gasteiger partial charge in [0.15, 0.2) is 0 Å². The van der Waals surface area contributed by atoms with E-state index in [0.29, 0.717) is 16.8 Å². The summed E-state index contributed by atoms with van der Waals surface area (Å²) in [4.78, 5) is 25.5. The highest BCUT2D eigenvalue weighted by Gasteiger charge is 2.15. The summed E-state index contributed by atoms with van der Waals surface area (Å²) in [6.45, 7) is 0. The van der Waals surface area contributed by atoms with Crippen LogP contribution in [0.3, 0.4) is 0 Å². The van der Waals surface area contributed by atoms with E-state index in [1.165, 1.54) is 4.90 Å². The molecule has 5 heteroatoms. The molecular formula is C22H21N3O2. The van der Waals surface area contributed by atoms with Gasteiger partial charge in [-0.3, -0.25) is 9.59 Å². The van der Waals surface area contributed by atoms with Crippen molar-refractivity contribution in [2.24, 2.45) is 5.73 Å². The predicted molar refractivity (Wildman–Crippen MR) is 108 cm³/mol. The Balaban J connectivity index is 2.13. The molecule has 5 nitrogen and oxygen atoms in total. The highest BCUT2D eigenvalue weighted by Crippen LogP contribution is 2.34. The van der Waals surface area contributed by atoms with Crippen molar-refractivity contribution in [3.05, 3.63) is 77.9 Å².